The number of carbonyl (C=O) groups is 1. The van der Waals surface area contributed by atoms with Crippen LogP contribution in [0.1, 0.15) is 63.1 Å². The molecule has 2 aliphatic rings. The molecule has 3 aromatic carbocycles. The molecule has 1 aliphatic carbocycles. The Morgan fingerprint density at radius 3 is 2.27 bits per heavy atom. The van der Waals surface area contributed by atoms with Gasteiger partial charge in [-0.05, 0) is 74.3 Å². The van der Waals surface area contributed by atoms with Crippen molar-refractivity contribution in [3.05, 3.63) is 89.5 Å². The van der Waals surface area contributed by atoms with Gasteiger partial charge in [-0.3, -0.25) is 4.67 Å². The van der Waals surface area contributed by atoms with Gasteiger partial charge in [0.15, 0.2) is 0 Å². The van der Waals surface area contributed by atoms with Crippen LogP contribution in [0.2, 0.25) is 0 Å². The molecule has 1 heterocycles. The van der Waals surface area contributed by atoms with Crippen LogP contribution >= 0.6 is 29.9 Å². The van der Waals surface area contributed by atoms with E-state index in [-0.39, 0.29) is 37.3 Å². The monoisotopic (exact) mass is 701 g/mol. The lowest BCUT2D eigenvalue weighted by Crippen LogP contribution is -2.42. The number of nitriles is 1. The zero-order valence-electron chi connectivity index (χ0n) is 28.5. The van der Waals surface area contributed by atoms with Gasteiger partial charge < -0.3 is 18.9 Å². The van der Waals surface area contributed by atoms with Crippen LogP contribution in [0.4, 0.5) is 4.79 Å². The van der Waals surface area contributed by atoms with Gasteiger partial charge in [-0.1, -0.05) is 88.3 Å². The predicted molar refractivity (Wildman–Crippen MR) is 199 cm³/mol. The van der Waals surface area contributed by atoms with Crippen LogP contribution in [-0.2, 0) is 20.5 Å². The van der Waals surface area contributed by atoms with Crippen molar-refractivity contribution in [1.82, 2.24) is 9.57 Å². The Kier molecular flexibility index (Phi) is 13.4. The minimum Gasteiger partial charge on any atom is -0.448 e. The highest BCUT2D eigenvalue weighted by molar-refractivity contribution is 8.76. The number of rotatable bonds is 15. The van der Waals surface area contributed by atoms with Crippen LogP contribution in [0.25, 0.3) is 11.1 Å². The van der Waals surface area contributed by atoms with E-state index >= 15 is 0 Å². The van der Waals surface area contributed by atoms with Gasteiger partial charge >= 0.3 is 6.09 Å². The fourth-order valence-corrected chi connectivity index (χ4v) is 10.7. The van der Waals surface area contributed by atoms with Gasteiger partial charge in [0.2, 0.25) is 0 Å². The second kappa shape index (κ2) is 17.4. The Morgan fingerprint density at radius 2 is 1.65 bits per heavy atom. The second-order valence-electron chi connectivity index (χ2n) is 12.7. The van der Waals surface area contributed by atoms with E-state index in [1.807, 2.05) is 42.7 Å². The molecule has 1 amide bonds. The summed E-state index contributed by atoms with van der Waals surface area (Å²) < 4.78 is 21.7. The topological polar surface area (TPSA) is 75.0 Å². The number of nitrogens with zero attached hydrogens (tertiary/aromatic N) is 3. The van der Waals surface area contributed by atoms with Crippen LogP contribution in [0.15, 0.2) is 77.7 Å². The lowest BCUT2D eigenvalue weighted by atomic mass is 9.96. The summed E-state index contributed by atoms with van der Waals surface area (Å²) in [6, 6.07) is 27.1. The smallest absolute Gasteiger partial charge is 0.410 e. The number of amides is 1. The fraction of sp³-hybridized carbons (Fsp3) is 0.459. The maximum absolute atomic E-state index is 14.1. The molecular weight excluding hydrogens is 656 g/mol. The van der Waals surface area contributed by atoms with Gasteiger partial charge in [0.25, 0.3) is 0 Å². The van der Waals surface area contributed by atoms with Crippen molar-refractivity contribution in [2.24, 2.45) is 0 Å². The van der Waals surface area contributed by atoms with E-state index in [9.17, 15) is 10.1 Å². The third-order valence-corrected chi connectivity index (χ3v) is 13.1. The largest absolute Gasteiger partial charge is 0.448 e. The van der Waals surface area contributed by atoms with E-state index in [1.165, 1.54) is 22.3 Å². The first kappa shape index (κ1) is 36.8. The SMILES string of the molecule is [B]C1CC(OP(CCC#N)N(C(C)C)C(C)C)C(CN(Cc2ccccc2SSC)C(=O)OCC2c3ccccc3-c3ccccc32)O1. The fourth-order valence-electron chi connectivity index (χ4n) is 6.77. The highest BCUT2D eigenvalue weighted by Crippen LogP contribution is 2.49. The molecule has 1 aliphatic heterocycles. The Balaban J connectivity index is 1.39. The van der Waals surface area contributed by atoms with Crippen molar-refractivity contribution in [2.45, 2.75) is 88.2 Å². The van der Waals surface area contributed by atoms with E-state index < -0.39 is 26.5 Å². The molecule has 2 radical (unpaired) electrons. The van der Waals surface area contributed by atoms with Gasteiger partial charge in [0.1, 0.15) is 28.9 Å². The lowest BCUT2D eigenvalue weighted by molar-refractivity contribution is 0.0112. The quantitative estimate of drug-likeness (QED) is 0.0885. The van der Waals surface area contributed by atoms with Gasteiger partial charge in [-0.15, -0.1) is 0 Å². The molecule has 4 unspecified atom stereocenters. The maximum Gasteiger partial charge on any atom is 0.410 e. The molecule has 0 saturated carbocycles. The predicted octanol–water partition coefficient (Wildman–Crippen LogP) is 8.82. The summed E-state index contributed by atoms with van der Waals surface area (Å²) in [5.74, 6) is -0.0449. The summed E-state index contributed by atoms with van der Waals surface area (Å²) in [5, 5.41) is 9.43. The molecular formula is C37H45BN3O4PS2. The molecule has 1 saturated heterocycles. The highest BCUT2D eigenvalue weighted by atomic mass is 33.1. The third kappa shape index (κ3) is 8.80. The molecule has 252 valence electrons. The molecule has 0 aromatic heterocycles. The van der Waals surface area contributed by atoms with Gasteiger partial charge in [-0.2, -0.15) is 5.26 Å². The minimum absolute atomic E-state index is 0.0449. The number of hydrogen-bond donors (Lipinski definition) is 0. The van der Waals surface area contributed by atoms with Gasteiger partial charge in [0, 0.05) is 41.5 Å². The van der Waals surface area contributed by atoms with E-state index in [1.54, 1.807) is 26.5 Å². The number of hydrogen-bond acceptors (Lipinski definition) is 8. The summed E-state index contributed by atoms with van der Waals surface area (Å²) in [5.41, 5.74) is 5.75. The lowest BCUT2D eigenvalue weighted by Gasteiger charge is -2.39. The molecule has 0 bridgehead atoms. The standard InChI is InChI=1S/C37H45BN3O4PS2/c1-25(2)41(26(3)4)46(20-12-19-39)45-33-21-36(38)44-34(33)23-40(22-27-13-6-11-18-35(27)48-47-5)37(42)43-24-32-30-16-9-7-14-28(30)29-15-8-10-17-31(29)32/h6-11,13-18,25-26,32-34,36H,12,20-24H2,1-5H3. The zero-order chi connectivity index (χ0) is 34.2. The second-order valence-corrected chi connectivity index (χ2v) is 17.0. The molecule has 5 rings (SSSR count). The molecule has 0 N–H and O–H groups in total. The van der Waals surface area contributed by atoms with E-state index in [4.69, 9.17) is 21.8 Å². The molecule has 1 fully saturated rings. The summed E-state index contributed by atoms with van der Waals surface area (Å²) in [4.78, 5) is 17.0. The Hall–Kier alpha value is -2.51. The molecule has 7 nitrogen and oxygen atoms in total. The molecule has 3 aromatic rings. The minimum atomic E-state index is -1.09. The van der Waals surface area contributed by atoms with Crippen LogP contribution in [0, 0.1) is 11.3 Å². The molecule has 0 spiro atoms. The molecule has 48 heavy (non-hydrogen) atoms. The van der Waals surface area contributed by atoms with E-state index in [0.717, 1.165) is 10.5 Å². The number of fused-ring (bicyclic) bond motifs is 3. The summed E-state index contributed by atoms with van der Waals surface area (Å²) in [6.45, 7) is 9.47. The van der Waals surface area contributed by atoms with E-state index in [2.05, 4.69) is 74.8 Å². The average molecular weight is 702 g/mol. The summed E-state index contributed by atoms with van der Waals surface area (Å²) >= 11 is 0. The van der Waals surface area contributed by atoms with Crippen LogP contribution in [0.3, 0.4) is 0 Å². The average Bonchev–Trinajstić information content (AvgIpc) is 3.58. The maximum atomic E-state index is 14.1. The van der Waals surface area contributed by atoms with Crippen molar-refractivity contribution in [3.8, 4) is 17.2 Å². The van der Waals surface area contributed by atoms with Crippen LogP contribution in [0.5, 0.6) is 0 Å². The Labute approximate surface area is 296 Å². The van der Waals surface area contributed by atoms with E-state index in [0.29, 0.717) is 25.5 Å². The van der Waals surface area contributed by atoms with Crippen LogP contribution < -0.4 is 0 Å². The normalized spacial score (nSPS) is 19.4. The molecule has 4 atom stereocenters. The summed E-state index contributed by atoms with van der Waals surface area (Å²) in [6.07, 6.45) is 2.41. The first-order chi connectivity index (χ1) is 23.2. The van der Waals surface area contributed by atoms with Crippen molar-refractivity contribution in [1.29, 1.82) is 5.26 Å². The molecule has 11 heteroatoms. The Morgan fingerprint density at radius 1 is 1.02 bits per heavy atom. The number of carbonyl (C=O) groups excluding carboxylic acids is 1. The van der Waals surface area contributed by atoms with Crippen LogP contribution in [-0.4, -0.2) is 79.4 Å². The first-order valence-electron chi connectivity index (χ1n) is 16.6. The first-order valence-corrected chi connectivity index (χ1v) is 20.6. The third-order valence-electron chi connectivity index (χ3n) is 8.72. The van der Waals surface area contributed by atoms with Crippen molar-refractivity contribution >= 4 is 43.8 Å². The summed E-state index contributed by atoms with van der Waals surface area (Å²) in [7, 11) is 8.64. The van der Waals surface area contributed by atoms with Gasteiger partial charge in [-0.25, -0.2) is 4.79 Å². The number of ether oxygens (including phenoxy) is 2. The van der Waals surface area contributed by atoms with Crippen molar-refractivity contribution in [2.75, 3.05) is 25.6 Å². The van der Waals surface area contributed by atoms with Crippen molar-refractivity contribution < 1.29 is 18.8 Å². The number of benzene rings is 3. The highest BCUT2D eigenvalue weighted by Gasteiger charge is 2.40. The van der Waals surface area contributed by atoms with Gasteiger partial charge in [0.05, 0.1) is 25.3 Å². The zero-order valence-corrected chi connectivity index (χ0v) is 31.0. The van der Waals surface area contributed by atoms with Crippen molar-refractivity contribution in [3.63, 3.8) is 0 Å². The Bertz CT molecular complexity index is 1520.